The fourth-order valence-corrected chi connectivity index (χ4v) is 3.01. The molecule has 0 unspecified atom stereocenters. The average molecular weight is 307 g/mol. The standard InChI is InChI=1S/C15H19ClN4O/c1-21-15-10-20(9-13(15)14-8-17-19-18-14)7-6-11-2-4-12(16)5-3-11/h2-5,8,13,15H,6-7,9-10H2,1H3,(H,17,18,19)/t13-,15+/m0/s1. The Balaban J connectivity index is 1.59. The normalized spacial score (nSPS) is 22.8. The highest BCUT2D eigenvalue weighted by molar-refractivity contribution is 6.30. The molecule has 112 valence electrons. The molecule has 0 spiro atoms. The molecule has 0 saturated carbocycles. The van der Waals surface area contributed by atoms with Gasteiger partial charge in [0.2, 0.25) is 0 Å². The summed E-state index contributed by atoms with van der Waals surface area (Å²) in [7, 11) is 1.76. The molecule has 2 atom stereocenters. The van der Waals surface area contributed by atoms with Crippen LogP contribution in [0.15, 0.2) is 30.5 Å². The van der Waals surface area contributed by atoms with Crippen LogP contribution in [0.25, 0.3) is 0 Å². The number of likely N-dealkylation sites (tertiary alicyclic amines) is 1. The number of aromatic amines is 1. The van der Waals surface area contributed by atoms with E-state index in [9.17, 15) is 0 Å². The Hall–Kier alpha value is -1.43. The maximum Gasteiger partial charge on any atom is 0.0894 e. The number of nitrogens with one attached hydrogen (secondary N) is 1. The molecule has 0 aliphatic carbocycles. The Bertz CT molecular complexity index is 558. The Morgan fingerprint density at radius 2 is 2.14 bits per heavy atom. The second kappa shape index (κ2) is 6.56. The quantitative estimate of drug-likeness (QED) is 0.919. The van der Waals surface area contributed by atoms with Crippen LogP contribution in [0, 0.1) is 0 Å². The fraction of sp³-hybridized carbons (Fsp3) is 0.467. The summed E-state index contributed by atoms with van der Waals surface area (Å²) in [6, 6.07) is 8.05. The number of rotatable bonds is 5. The molecule has 21 heavy (non-hydrogen) atoms. The topological polar surface area (TPSA) is 54.0 Å². The van der Waals surface area contributed by atoms with Gasteiger partial charge in [0.1, 0.15) is 0 Å². The Morgan fingerprint density at radius 3 is 2.81 bits per heavy atom. The van der Waals surface area contributed by atoms with Crippen LogP contribution < -0.4 is 0 Å². The van der Waals surface area contributed by atoms with Crippen LogP contribution in [0.4, 0.5) is 0 Å². The van der Waals surface area contributed by atoms with Gasteiger partial charge in [0, 0.05) is 37.7 Å². The molecule has 1 N–H and O–H groups in total. The van der Waals surface area contributed by atoms with Crippen LogP contribution >= 0.6 is 11.6 Å². The molecular formula is C15H19ClN4O. The number of benzene rings is 1. The van der Waals surface area contributed by atoms with Crippen molar-refractivity contribution in [2.45, 2.75) is 18.4 Å². The molecule has 1 aromatic heterocycles. The number of aromatic nitrogens is 3. The highest BCUT2D eigenvalue weighted by atomic mass is 35.5. The van der Waals surface area contributed by atoms with Crippen LogP contribution in [0.3, 0.4) is 0 Å². The molecule has 1 aliphatic heterocycles. The zero-order chi connectivity index (χ0) is 14.7. The fourth-order valence-electron chi connectivity index (χ4n) is 2.88. The van der Waals surface area contributed by atoms with Gasteiger partial charge in [-0.1, -0.05) is 23.7 Å². The molecule has 2 heterocycles. The van der Waals surface area contributed by atoms with Gasteiger partial charge < -0.3 is 4.74 Å². The number of ether oxygens (including phenoxy) is 1. The average Bonchev–Trinajstić information content (AvgIpc) is 3.15. The zero-order valence-electron chi connectivity index (χ0n) is 12.0. The van der Waals surface area contributed by atoms with Gasteiger partial charge in [-0.25, -0.2) is 0 Å². The van der Waals surface area contributed by atoms with Gasteiger partial charge in [0.15, 0.2) is 0 Å². The summed E-state index contributed by atoms with van der Waals surface area (Å²) in [6.45, 7) is 2.90. The monoisotopic (exact) mass is 306 g/mol. The second-order valence-electron chi connectivity index (χ2n) is 5.41. The van der Waals surface area contributed by atoms with E-state index >= 15 is 0 Å². The molecule has 0 bridgehead atoms. The molecule has 6 heteroatoms. The minimum atomic E-state index is 0.181. The molecule has 3 rings (SSSR count). The van der Waals surface area contributed by atoms with Gasteiger partial charge in [0.25, 0.3) is 0 Å². The van der Waals surface area contributed by atoms with Crippen molar-refractivity contribution in [3.05, 3.63) is 46.7 Å². The highest BCUT2D eigenvalue weighted by Gasteiger charge is 2.35. The van der Waals surface area contributed by atoms with Crippen molar-refractivity contribution in [3.63, 3.8) is 0 Å². The predicted octanol–water partition coefficient (Wildman–Crippen LogP) is 2.11. The van der Waals surface area contributed by atoms with Crippen LogP contribution in [0.1, 0.15) is 17.2 Å². The van der Waals surface area contributed by atoms with Gasteiger partial charge in [-0.05, 0) is 24.1 Å². The van der Waals surface area contributed by atoms with Gasteiger partial charge in [-0.2, -0.15) is 15.4 Å². The Kier molecular flexibility index (Phi) is 4.53. The number of hydrogen-bond acceptors (Lipinski definition) is 4. The molecule has 2 aromatic rings. The first-order chi connectivity index (χ1) is 10.3. The van der Waals surface area contributed by atoms with Gasteiger partial charge >= 0.3 is 0 Å². The van der Waals surface area contributed by atoms with E-state index in [1.54, 1.807) is 13.3 Å². The van der Waals surface area contributed by atoms with Crippen LogP contribution in [0.5, 0.6) is 0 Å². The lowest BCUT2D eigenvalue weighted by Crippen LogP contribution is -2.25. The van der Waals surface area contributed by atoms with Crippen molar-refractivity contribution >= 4 is 11.6 Å². The van der Waals surface area contributed by atoms with Crippen molar-refractivity contribution in [2.75, 3.05) is 26.7 Å². The van der Waals surface area contributed by atoms with Gasteiger partial charge in [0.05, 0.1) is 18.0 Å². The summed E-state index contributed by atoms with van der Waals surface area (Å²) >= 11 is 5.91. The number of hydrogen-bond donors (Lipinski definition) is 1. The molecule has 0 amide bonds. The number of halogens is 1. The molecule has 1 aliphatic rings. The van der Waals surface area contributed by atoms with Gasteiger partial charge in [-0.15, -0.1) is 0 Å². The molecule has 1 saturated heterocycles. The SMILES string of the molecule is CO[C@@H]1CN(CCc2ccc(Cl)cc2)C[C@H]1c1cn[nH]n1. The molecule has 1 aromatic carbocycles. The van der Waals surface area contributed by atoms with Crippen LogP contribution in [-0.4, -0.2) is 53.2 Å². The van der Waals surface area contributed by atoms with E-state index in [-0.39, 0.29) is 6.10 Å². The third-order valence-corrected chi connectivity index (χ3v) is 4.34. The van der Waals surface area contributed by atoms with E-state index in [1.807, 2.05) is 12.1 Å². The zero-order valence-corrected chi connectivity index (χ0v) is 12.8. The summed E-state index contributed by atoms with van der Waals surface area (Å²) in [6.07, 6.45) is 2.98. The van der Waals surface area contributed by atoms with Crippen LogP contribution in [-0.2, 0) is 11.2 Å². The van der Waals surface area contributed by atoms with Crippen molar-refractivity contribution in [2.24, 2.45) is 0 Å². The van der Waals surface area contributed by atoms with E-state index in [0.717, 1.165) is 36.8 Å². The van der Waals surface area contributed by atoms with Gasteiger partial charge in [-0.3, -0.25) is 4.90 Å². The van der Waals surface area contributed by atoms with Crippen molar-refractivity contribution in [1.82, 2.24) is 20.3 Å². The lowest BCUT2D eigenvalue weighted by molar-refractivity contribution is 0.0965. The Labute approximate surface area is 129 Å². The molecule has 1 fully saturated rings. The van der Waals surface area contributed by atoms with Crippen molar-refractivity contribution < 1.29 is 4.74 Å². The first-order valence-electron chi connectivity index (χ1n) is 7.11. The summed E-state index contributed by atoms with van der Waals surface area (Å²) in [4.78, 5) is 2.42. The lowest BCUT2D eigenvalue weighted by Gasteiger charge is -2.15. The van der Waals surface area contributed by atoms with Crippen molar-refractivity contribution in [3.8, 4) is 0 Å². The Morgan fingerprint density at radius 1 is 1.33 bits per heavy atom. The van der Waals surface area contributed by atoms with E-state index in [2.05, 4.69) is 32.4 Å². The largest absolute Gasteiger partial charge is 0.379 e. The maximum atomic E-state index is 5.91. The third-order valence-electron chi connectivity index (χ3n) is 4.09. The first kappa shape index (κ1) is 14.5. The molecular weight excluding hydrogens is 288 g/mol. The summed E-state index contributed by atoms with van der Waals surface area (Å²) in [5.41, 5.74) is 2.29. The highest BCUT2D eigenvalue weighted by Crippen LogP contribution is 2.27. The van der Waals surface area contributed by atoms with E-state index in [0.29, 0.717) is 5.92 Å². The summed E-state index contributed by atoms with van der Waals surface area (Å²) < 4.78 is 5.60. The van der Waals surface area contributed by atoms with Crippen LogP contribution in [0.2, 0.25) is 5.02 Å². The smallest absolute Gasteiger partial charge is 0.0894 e. The summed E-state index contributed by atoms with van der Waals surface area (Å²) in [5.74, 6) is 0.291. The van der Waals surface area contributed by atoms with Crippen molar-refractivity contribution in [1.29, 1.82) is 0 Å². The summed E-state index contributed by atoms with van der Waals surface area (Å²) in [5, 5.41) is 11.6. The third kappa shape index (κ3) is 3.43. The van der Waals surface area contributed by atoms with E-state index in [4.69, 9.17) is 16.3 Å². The minimum absolute atomic E-state index is 0.181. The lowest BCUT2D eigenvalue weighted by atomic mass is 10.0. The van der Waals surface area contributed by atoms with E-state index < -0.39 is 0 Å². The minimum Gasteiger partial charge on any atom is -0.379 e. The second-order valence-corrected chi connectivity index (χ2v) is 5.85. The molecule has 5 nitrogen and oxygen atoms in total. The number of H-pyrrole nitrogens is 1. The number of nitrogens with zero attached hydrogens (tertiary/aromatic N) is 3. The number of methoxy groups -OCH3 is 1. The maximum absolute atomic E-state index is 5.91. The molecule has 0 radical (unpaired) electrons. The predicted molar refractivity (Wildman–Crippen MR) is 81.5 cm³/mol. The first-order valence-corrected chi connectivity index (χ1v) is 7.49. The van der Waals surface area contributed by atoms with E-state index in [1.165, 1.54) is 5.56 Å².